The molecule has 0 heterocycles. The van der Waals surface area contributed by atoms with E-state index in [4.69, 9.17) is 0 Å². The minimum Gasteiger partial charge on any atom is -0.207 e. The lowest BCUT2D eigenvalue weighted by Gasteiger charge is -1.89. The van der Waals surface area contributed by atoms with Crippen molar-refractivity contribution in [1.82, 2.24) is 0 Å². The number of benzene rings is 1. The molecule has 1 rings (SSSR count). The van der Waals surface area contributed by atoms with E-state index in [9.17, 15) is 4.39 Å². The second kappa shape index (κ2) is 3.42. The highest BCUT2D eigenvalue weighted by atomic mass is 32.1. The quantitative estimate of drug-likeness (QED) is 0.591. The Kier molecular flexibility index (Phi) is 2.51. The molecule has 0 spiro atoms. The lowest BCUT2D eigenvalue weighted by atomic mass is 10.2. The molecule has 0 bridgehead atoms. The van der Waals surface area contributed by atoms with Gasteiger partial charge in [0.25, 0.3) is 0 Å². The highest BCUT2D eigenvalue weighted by molar-refractivity contribution is 7.83. The second-order valence-electron chi connectivity index (χ2n) is 1.87. The van der Waals surface area contributed by atoms with Crippen LogP contribution >= 0.6 is 12.6 Å². The molecule has 0 amide bonds. The fourth-order valence-electron chi connectivity index (χ4n) is 0.660. The molecule has 2 heteroatoms. The third kappa shape index (κ3) is 1.88. The molecular weight excluding hydrogens is 147 g/mol. The molecule has 0 nitrogen and oxygen atoms in total. The Morgan fingerprint density at radius 1 is 1.20 bits per heavy atom. The van der Waals surface area contributed by atoms with Crippen LogP contribution in [0.5, 0.6) is 0 Å². The highest BCUT2D eigenvalue weighted by Gasteiger charge is 1.86. The molecule has 0 saturated heterocycles. The average Bonchev–Trinajstić information content (AvgIpc) is 1.95. The van der Waals surface area contributed by atoms with Crippen LogP contribution in [0.1, 0.15) is 5.56 Å². The van der Waals surface area contributed by atoms with Crippen molar-refractivity contribution in [2.45, 2.75) is 0 Å². The van der Waals surface area contributed by atoms with Crippen molar-refractivity contribution in [1.29, 1.82) is 0 Å². The van der Waals surface area contributed by atoms with Crippen LogP contribution in [0.3, 0.4) is 0 Å². The van der Waals surface area contributed by atoms with E-state index in [1.807, 2.05) is 0 Å². The zero-order valence-electron chi connectivity index (χ0n) is 5.29. The van der Waals surface area contributed by atoms with Gasteiger partial charge in [0.1, 0.15) is 5.82 Å². The second-order valence-corrected chi connectivity index (χ2v) is 2.17. The van der Waals surface area contributed by atoms with Crippen LogP contribution < -0.4 is 0 Å². The third-order valence-electron chi connectivity index (χ3n) is 1.14. The molecule has 1 aromatic carbocycles. The standard InChI is InChI=1S/C8H7FS/c9-8-3-1-7(2-4-8)5-6-10/h1-6,10H/b6-5+. The predicted octanol–water partition coefficient (Wildman–Crippen LogP) is 2.73. The largest absolute Gasteiger partial charge is 0.207 e. The molecule has 0 aliphatic rings. The Labute approximate surface area is 64.8 Å². The molecule has 1 aromatic rings. The van der Waals surface area contributed by atoms with Gasteiger partial charge >= 0.3 is 0 Å². The van der Waals surface area contributed by atoms with Gasteiger partial charge in [-0.3, -0.25) is 0 Å². The van der Waals surface area contributed by atoms with Gasteiger partial charge in [0.2, 0.25) is 0 Å². The summed E-state index contributed by atoms with van der Waals surface area (Å²) >= 11 is 3.88. The Bertz CT molecular complexity index is 226. The lowest BCUT2D eigenvalue weighted by molar-refractivity contribution is 0.628. The van der Waals surface area contributed by atoms with Gasteiger partial charge < -0.3 is 0 Å². The molecule has 0 N–H and O–H groups in total. The normalized spacial score (nSPS) is 10.6. The smallest absolute Gasteiger partial charge is 0.123 e. The van der Waals surface area contributed by atoms with Crippen molar-refractivity contribution in [3.05, 3.63) is 41.1 Å². The first-order valence-corrected chi connectivity index (χ1v) is 3.41. The summed E-state index contributed by atoms with van der Waals surface area (Å²) < 4.78 is 12.3. The zero-order valence-corrected chi connectivity index (χ0v) is 6.18. The molecule has 10 heavy (non-hydrogen) atoms. The van der Waals surface area contributed by atoms with Crippen LogP contribution in [0.4, 0.5) is 4.39 Å². The van der Waals surface area contributed by atoms with Crippen molar-refractivity contribution in [2.75, 3.05) is 0 Å². The molecule has 52 valence electrons. The van der Waals surface area contributed by atoms with E-state index in [1.54, 1.807) is 23.6 Å². The monoisotopic (exact) mass is 154 g/mol. The summed E-state index contributed by atoms with van der Waals surface area (Å²) in [7, 11) is 0. The number of hydrogen-bond donors (Lipinski definition) is 1. The van der Waals surface area contributed by atoms with Gasteiger partial charge in [-0.1, -0.05) is 12.1 Å². The van der Waals surface area contributed by atoms with Crippen LogP contribution in [-0.4, -0.2) is 0 Å². The van der Waals surface area contributed by atoms with E-state index in [-0.39, 0.29) is 5.82 Å². The first kappa shape index (κ1) is 7.35. The predicted molar refractivity (Wildman–Crippen MR) is 44.4 cm³/mol. The van der Waals surface area contributed by atoms with Crippen molar-refractivity contribution < 1.29 is 4.39 Å². The molecule has 0 aliphatic carbocycles. The van der Waals surface area contributed by atoms with Gasteiger partial charge in [0, 0.05) is 0 Å². The number of rotatable bonds is 1. The molecule has 0 atom stereocenters. The third-order valence-corrected chi connectivity index (χ3v) is 1.29. The van der Waals surface area contributed by atoms with Crippen LogP contribution in [-0.2, 0) is 0 Å². The molecule has 0 fully saturated rings. The summed E-state index contributed by atoms with van der Waals surface area (Å²) in [4.78, 5) is 0. The van der Waals surface area contributed by atoms with E-state index in [2.05, 4.69) is 12.6 Å². The summed E-state index contributed by atoms with van der Waals surface area (Å²) in [5.74, 6) is -0.212. The van der Waals surface area contributed by atoms with Crippen LogP contribution in [0, 0.1) is 5.82 Å². The molecule has 0 aliphatic heterocycles. The zero-order chi connectivity index (χ0) is 7.40. The Balaban J connectivity index is 2.89. The van der Waals surface area contributed by atoms with Crippen molar-refractivity contribution >= 4 is 18.7 Å². The van der Waals surface area contributed by atoms with E-state index < -0.39 is 0 Å². The van der Waals surface area contributed by atoms with Gasteiger partial charge in [-0.05, 0) is 29.2 Å². The molecule has 0 aromatic heterocycles. The van der Waals surface area contributed by atoms with Crippen LogP contribution in [0.25, 0.3) is 6.08 Å². The van der Waals surface area contributed by atoms with Crippen molar-refractivity contribution in [3.8, 4) is 0 Å². The maximum Gasteiger partial charge on any atom is 0.123 e. The minimum atomic E-state index is -0.212. The Hall–Kier alpha value is -0.760. The Morgan fingerprint density at radius 3 is 2.30 bits per heavy atom. The van der Waals surface area contributed by atoms with E-state index in [0.29, 0.717) is 0 Å². The van der Waals surface area contributed by atoms with Gasteiger partial charge in [0.15, 0.2) is 0 Å². The number of hydrogen-bond acceptors (Lipinski definition) is 1. The SMILES string of the molecule is Fc1ccc(/C=C/S)cc1. The van der Waals surface area contributed by atoms with Crippen molar-refractivity contribution in [3.63, 3.8) is 0 Å². The maximum absolute atomic E-state index is 12.3. The molecule has 0 radical (unpaired) electrons. The first-order chi connectivity index (χ1) is 4.83. The molecule has 0 unspecified atom stereocenters. The Morgan fingerprint density at radius 2 is 1.80 bits per heavy atom. The number of thiol groups is 1. The van der Waals surface area contributed by atoms with E-state index >= 15 is 0 Å². The molecular formula is C8H7FS. The average molecular weight is 154 g/mol. The summed E-state index contributed by atoms with van der Waals surface area (Å²) in [6.45, 7) is 0. The number of halogens is 1. The van der Waals surface area contributed by atoms with Crippen molar-refractivity contribution in [2.24, 2.45) is 0 Å². The van der Waals surface area contributed by atoms with Crippen LogP contribution in [0.2, 0.25) is 0 Å². The van der Waals surface area contributed by atoms with E-state index in [0.717, 1.165) is 5.56 Å². The first-order valence-electron chi connectivity index (χ1n) is 2.89. The summed E-state index contributed by atoms with van der Waals surface area (Å²) in [6, 6.07) is 6.23. The van der Waals surface area contributed by atoms with E-state index in [1.165, 1.54) is 12.1 Å². The maximum atomic E-state index is 12.3. The van der Waals surface area contributed by atoms with Gasteiger partial charge in [0.05, 0.1) is 0 Å². The fraction of sp³-hybridized carbons (Fsp3) is 0. The fourth-order valence-corrected chi connectivity index (χ4v) is 0.832. The topological polar surface area (TPSA) is 0 Å². The van der Waals surface area contributed by atoms with Gasteiger partial charge in [-0.25, -0.2) is 4.39 Å². The summed E-state index contributed by atoms with van der Waals surface area (Å²) in [5, 5.41) is 1.62. The highest BCUT2D eigenvalue weighted by Crippen LogP contribution is 2.04. The summed E-state index contributed by atoms with van der Waals surface area (Å²) in [5.41, 5.74) is 0.955. The lowest BCUT2D eigenvalue weighted by Crippen LogP contribution is -1.72. The van der Waals surface area contributed by atoms with Gasteiger partial charge in [-0.15, -0.1) is 0 Å². The van der Waals surface area contributed by atoms with Gasteiger partial charge in [-0.2, -0.15) is 12.6 Å². The van der Waals surface area contributed by atoms with Crippen LogP contribution in [0.15, 0.2) is 29.7 Å². The summed E-state index contributed by atoms with van der Waals surface area (Å²) in [6.07, 6.45) is 1.79. The minimum absolute atomic E-state index is 0.212. The molecule has 0 saturated carbocycles.